The number of benzene rings is 1. The molecule has 0 atom stereocenters. The van der Waals surface area contributed by atoms with Crippen LogP contribution >= 0.6 is 34.0 Å². The maximum atomic E-state index is 13.0. The van der Waals surface area contributed by atoms with Gasteiger partial charge in [-0.3, -0.25) is 0 Å². The third-order valence-electron chi connectivity index (χ3n) is 2.14. The van der Waals surface area contributed by atoms with Crippen LogP contribution in [0.5, 0.6) is 0 Å². The SMILES string of the molecule is C[N+](C)(c1ccccc1)S(=O)(=O)SC(F)(Cl)Cl. The van der Waals surface area contributed by atoms with Crippen LogP contribution in [0.2, 0.25) is 0 Å². The molecule has 1 aromatic carbocycles. The highest BCUT2D eigenvalue weighted by molar-refractivity contribution is 8.72. The zero-order valence-corrected chi connectivity index (χ0v) is 12.2. The Kier molecular flexibility index (Phi) is 4.37. The Labute approximate surface area is 114 Å². The highest BCUT2D eigenvalue weighted by atomic mass is 35.5. The van der Waals surface area contributed by atoms with Crippen molar-refractivity contribution in [2.24, 2.45) is 0 Å². The van der Waals surface area contributed by atoms with Crippen molar-refractivity contribution >= 4 is 48.7 Å². The minimum absolute atomic E-state index is 0.131. The lowest BCUT2D eigenvalue weighted by Crippen LogP contribution is -2.45. The van der Waals surface area contributed by atoms with E-state index in [9.17, 15) is 12.8 Å². The molecular weight excluding hydrogens is 308 g/mol. The second kappa shape index (κ2) is 4.93. The molecule has 0 spiro atoms. The topological polar surface area (TPSA) is 34.1 Å². The van der Waals surface area contributed by atoms with Crippen molar-refractivity contribution in [3.8, 4) is 0 Å². The first-order valence-corrected chi connectivity index (χ1v) is 8.01. The molecule has 0 bridgehead atoms. The maximum absolute atomic E-state index is 13.0. The molecular formula is C9H11Cl2FNO2S2+. The fourth-order valence-electron chi connectivity index (χ4n) is 1.13. The molecule has 0 aliphatic rings. The molecule has 1 aromatic rings. The molecule has 0 aromatic heterocycles. The quantitative estimate of drug-likeness (QED) is 0.485. The van der Waals surface area contributed by atoms with Crippen LogP contribution in [0.1, 0.15) is 0 Å². The predicted octanol–water partition coefficient (Wildman–Crippen LogP) is 3.29. The standard InChI is InChI=1S/C9H11Cl2FNO2S2/c1-13(2,8-6-4-3-5-7-8)17(14,15)16-9(10,11)12/h3-7H,1-2H3/q+1. The summed E-state index contributed by atoms with van der Waals surface area (Å²) >= 11 is 10.2. The van der Waals surface area contributed by atoms with Crippen molar-refractivity contribution in [2.45, 2.75) is 3.92 Å². The van der Waals surface area contributed by atoms with Crippen LogP contribution in [0.4, 0.5) is 10.1 Å². The van der Waals surface area contributed by atoms with Crippen molar-refractivity contribution in [2.75, 3.05) is 14.1 Å². The Bertz CT molecular complexity index is 485. The number of para-hydroxylation sites is 1. The highest BCUT2D eigenvalue weighted by Crippen LogP contribution is 2.43. The third kappa shape index (κ3) is 3.72. The van der Waals surface area contributed by atoms with Gasteiger partial charge in [-0.15, -0.1) is 0 Å². The van der Waals surface area contributed by atoms with Gasteiger partial charge in [-0.2, -0.15) is 16.7 Å². The number of alkyl halides is 3. The molecule has 0 unspecified atom stereocenters. The summed E-state index contributed by atoms with van der Waals surface area (Å²) in [7, 11) is -1.26. The van der Waals surface area contributed by atoms with Crippen LogP contribution in [-0.4, -0.2) is 26.4 Å². The Hall–Kier alpha value is -0.0100. The first-order chi connectivity index (χ1) is 7.56. The molecule has 0 aliphatic heterocycles. The lowest BCUT2D eigenvalue weighted by Gasteiger charge is -2.27. The van der Waals surface area contributed by atoms with E-state index in [0.29, 0.717) is 5.69 Å². The Morgan fingerprint density at radius 3 is 2.12 bits per heavy atom. The molecule has 0 saturated heterocycles. The second-order valence-corrected chi connectivity index (χ2v) is 9.59. The van der Waals surface area contributed by atoms with Crippen molar-refractivity contribution < 1.29 is 12.8 Å². The molecule has 17 heavy (non-hydrogen) atoms. The number of halogens is 3. The molecule has 0 radical (unpaired) electrons. The van der Waals surface area contributed by atoms with Crippen molar-refractivity contribution in [1.29, 1.82) is 0 Å². The lowest BCUT2D eigenvalue weighted by atomic mass is 10.3. The van der Waals surface area contributed by atoms with Crippen LogP contribution in [0.25, 0.3) is 0 Å². The minimum atomic E-state index is -3.96. The molecule has 0 amide bonds. The fourth-order valence-corrected chi connectivity index (χ4v) is 4.90. The summed E-state index contributed by atoms with van der Waals surface area (Å²) < 4.78 is 33.6. The van der Waals surface area contributed by atoms with Gasteiger partial charge in [0.15, 0.2) is 0 Å². The molecule has 0 saturated carbocycles. The largest absolute Gasteiger partial charge is 0.363 e. The van der Waals surface area contributed by atoms with E-state index in [1.807, 2.05) is 0 Å². The van der Waals surface area contributed by atoms with Crippen LogP contribution in [0, 0.1) is 0 Å². The summed E-state index contributed by atoms with van der Waals surface area (Å²) in [6.07, 6.45) is 0. The molecule has 3 nitrogen and oxygen atoms in total. The normalized spacial score (nSPS) is 13.7. The average molecular weight is 319 g/mol. The van der Waals surface area contributed by atoms with Gasteiger partial charge in [0.25, 0.3) is 0 Å². The van der Waals surface area contributed by atoms with Gasteiger partial charge < -0.3 is 0 Å². The van der Waals surface area contributed by atoms with Gasteiger partial charge in [0, 0.05) is 12.1 Å². The summed E-state index contributed by atoms with van der Waals surface area (Å²) in [6.45, 7) is 0. The number of nitrogens with zero attached hydrogens (tertiary/aromatic N) is 1. The number of rotatable bonds is 4. The van der Waals surface area contributed by atoms with Gasteiger partial charge in [0.1, 0.15) is 16.5 Å². The molecule has 8 heteroatoms. The average Bonchev–Trinajstić information content (AvgIpc) is 2.15. The number of hydrogen-bond donors (Lipinski definition) is 0. The van der Waals surface area contributed by atoms with Gasteiger partial charge >= 0.3 is 13.0 Å². The number of hydrogen-bond acceptors (Lipinski definition) is 3. The van der Waals surface area contributed by atoms with Crippen LogP contribution in [0.3, 0.4) is 0 Å². The molecule has 0 heterocycles. The van der Waals surface area contributed by atoms with Gasteiger partial charge in [-0.1, -0.05) is 41.4 Å². The van der Waals surface area contributed by atoms with E-state index in [4.69, 9.17) is 23.2 Å². The van der Waals surface area contributed by atoms with E-state index in [-0.39, 0.29) is 10.8 Å². The van der Waals surface area contributed by atoms with E-state index >= 15 is 0 Å². The molecule has 0 aliphatic carbocycles. The maximum Gasteiger partial charge on any atom is 0.363 e. The predicted molar refractivity (Wildman–Crippen MR) is 72.1 cm³/mol. The van der Waals surface area contributed by atoms with Crippen molar-refractivity contribution in [3.05, 3.63) is 30.3 Å². The summed E-state index contributed by atoms with van der Waals surface area (Å²) in [5, 5.41) is 0. The van der Waals surface area contributed by atoms with Gasteiger partial charge in [0.2, 0.25) is 0 Å². The summed E-state index contributed by atoms with van der Waals surface area (Å²) in [4.78, 5) is 0. The van der Waals surface area contributed by atoms with Gasteiger partial charge in [-0.05, 0) is 0 Å². The van der Waals surface area contributed by atoms with Gasteiger partial charge in [0.05, 0.1) is 14.1 Å². The summed E-state index contributed by atoms with van der Waals surface area (Å²) in [5.74, 6) is 0. The summed E-state index contributed by atoms with van der Waals surface area (Å²) in [5.41, 5.74) is 0.484. The van der Waals surface area contributed by atoms with Crippen molar-refractivity contribution in [1.82, 2.24) is 3.89 Å². The monoisotopic (exact) mass is 318 g/mol. The van der Waals surface area contributed by atoms with Crippen LogP contribution < -0.4 is 3.89 Å². The van der Waals surface area contributed by atoms with E-state index in [1.54, 1.807) is 30.3 Å². The van der Waals surface area contributed by atoms with Crippen LogP contribution in [0.15, 0.2) is 30.3 Å². The third-order valence-corrected chi connectivity index (χ3v) is 7.32. The molecule has 96 valence electrons. The number of quaternary nitrogens is 1. The Morgan fingerprint density at radius 1 is 1.24 bits per heavy atom. The first kappa shape index (κ1) is 15.0. The van der Waals surface area contributed by atoms with Gasteiger partial charge in [-0.25, -0.2) is 0 Å². The van der Waals surface area contributed by atoms with E-state index in [1.165, 1.54) is 14.1 Å². The Balaban J connectivity index is 3.15. The molecule has 0 N–H and O–H groups in total. The first-order valence-electron chi connectivity index (χ1n) is 4.48. The molecule has 1 rings (SSSR count). The van der Waals surface area contributed by atoms with E-state index in [0.717, 1.165) is 0 Å². The zero-order chi connectivity index (χ0) is 13.3. The highest BCUT2D eigenvalue weighted by Gasteiger charge is 2.44. The van der Waals surface area contributed by atoms with Crippen molar-refractivity contribution in [3.63, 3.8) is 0 Å². The van der Waals surface area contributed by atoms with E-state index in [2.05, 4.69) is 0 Å². The lowest BCUT2D eigenvalue weighted by molar-refractivity contribution is 0.510. The smallest absolute Gasteiger partial charge is 0.194 e. The van der Waals surface area contributed by atoms with E-state index < -0.39 is 16.9 Å². The molecule has 0 fully saturated rings. The second-order valence-electron chi connectivity index (χ2n) is 3.64. The zero-order valence-electron chi connectivity index (χ0n) is 9.10. The fraction of sp³-hybridized carbons (Fsp3) is 0.333. The Morgan fingerprint density at radius 2 is 1.71 bits per heavy atom. The summed E-state index contributed by atoms with van der Waals surface area (Å²) in [6, 6.07) is 8.39. The minimum Gasteiger partial charge on any atom is -0.194 e. The van der Waals surface area contributed by atoms with Crippen LogP contribution in [-0.2, 0) is 9.06 Å².